The zero-order chi connectivity index (χ0) is 27.8. The van der Waals surface area contributed by atoms with Gasteiger partial charge in [-0.15, -0.1) is 11.3 Å². The monoisotopic (exact) mass is 567 g/mol. The zero-order valence-electron chi connectivity index (χ0n) is 21.1. The van der Waals surface area contributed by atoms with Gasteiger partial charge in [0.2, 0.25) is 0 Å². The van der Waals surface area contributed by atoms with Crippen molar-refractivity contribution >= 4 is 57.9 Å². The van der Waals surface area contributed by atoms with E-state index < -0.39 is 23.8 Å². The first-order valence-corrected chi connectivity index (χ1v) is 13.6. The number of fused-ring (bicyclic) bond motifs is 1. The maximum Gasteiger partial charge on any atom is 0.343 e. The number of amides is 2. The number of esters is 2. The Labute approximate surface area is 234 Å². The van der Waals surface area contributed by atoms with E-state index in [1.807, 2.05) is 0 Å². The Balaban J connectivity index is 1.38. The molecule has 2 aromatic carbocycles. The van der Waals surface area contributed by atoms with Crippen LogP contribution in [0.25, 0.3) is 0 Å². The first-order chi connectivity index (χ1) is 18.9. The molecule has 3 aromatic rings. The van der Waals surface area contributed by atoms with Gasteiger partial charge in [0, 0.05) is 9.90 Å². The largest absolute Gasteiger partial charge is 0.462 e. The van der Waals surface area contributed by atoms with Crippen LogP contribution in [0.3, 0.4) is 0 Å². The Morgan fingerprint density at radius 3 is 2.59 bits per heavy atom. The summed E-state index contributed by atoms with van der Waals surface area (Å²) in [5.41, 5.74) is 4.20. The predicted octanol–water partition coefficient (Wildman–Crippen LogP) is 5.16. The number of hydrogen-bond donors (Lipinski definition) is 2. The minimum Gasteiger partial charge on any atom is -0.462 e. The number of aryl methyl sites for hydroxylation is 1. The van der Waals surface area contributed by atoms with Gasteiger partial charge < -0.3 is 14.8 Å². The summed E-state index contributed by atoms with van der Waals surface area (Å²) < 4.78 is 10.6. The van der Waals surface area contributed by atoms with E-state index in [2.05, 4.69) is 15.8 Å². The fraction of sp³-hybridized carbons (Fsp3) is 0.250. The van der Waals surface area contributed by atoms with E-state index in [1.54, 1.807) is 49.4 Å². The van der Waals surface area contributed by atoms with Gasteiger partial charge in [-0.2, -0.15) is 5.10 Å². The molecule has 0 radical (unpaired) electrons. The van der Waals surface area contributed by atoms with E-state index in [0.29, 0.717) is 26.7 Å². The van der Waals surface area contributed by atoms with Gasteiger partial charge >= 0.3 is 23.8 Å². The fourth-order valence-corrected chi connectivity index (χ4v) is 5.53. The maximum absolute atomic E-state index is 12.7. The van der Waals surface area contributed by atoms with Crippen molar-refractivity contribution < 1.29 is 28.7 Å². The summed E-state index contributed by atoms with van der Waals surface area (Å²) in [5.74, 6) is -2.80. The number of nitrogens with zero attached hydrogens (tertiary/aromatic N) is 1. The van der Waals surface area contributed by atoms with Crippen LogP contribution < -0.4 is 15.5 Å². The molecule has 1 heterocycles. The van der Waals surface area contributed by atoms with Crippen LogP contribution in [0.1, 0.15) is 62.9 Å². The summed E-state index contributed by atoms with van der Waals surface area (Å²) in [6.07, 6.45) is 5.85. The lowest BCUT2D eigenvalue weighted by molar-refractivity contribution is -0.136. The maximum atomic E-state index is 12.7. The van der Waals surface area contributed by atoms with Crippen molar-refractivity contribution in [3.8, 4) is 5.75 Å². The van der Waals surface area contributed by atoms with Gasteiger partial charge in [-0.25, -0.2) is 15.0 Å². The van der Waals surface area contributed by atoms with Crippen LogP contribution in [-0.2, 0) is 27.2 Å². The SMILES string of the molecule is CCOC(=O)c1c(NC(=O)C(=O)NN=Cc2cccc(OC(=O)c3cccc(Cl)c3)c2)sc2c1CCCCC2. The zero-order valence-corrected chi connectivity index (χ0v) is 22.7. The summed E-state index contributed by atoms with van der Waals surface area (Å²) in [6.45, 7) is 1.92. The van der Waals surface area contributed by atoms with Crippen LogP contribution in [0.2, 0.25) is 5.02 Å². The second kappa shape index (κ2) is 13.2. The molecule has 0 unspecified atom stereocenters. The first-order valence-electron chi connectivity index (χ1n) is 12.4. The van der Waals surface area contributed by atoms with Gasteiger partial charge in [0.15, 0.2) is 0 Å². The van der Waals surface area contributed by atoms with Gasteiger partial charge in [-0.3, -0.25) is 9.59 Å². The number of halogens is 1. The number of hydrazone groups is 1. The Hall–Kier alpha value is -4.02. The molecule has 39 heavy (non-hydrogen) atoms. The smallest absolute Gasteiger partial charge is 0.343 e. The molecule has 1 aromatic heterocycles. The molecule has 0 saturated heterocycles. The second-order valence-corrected chi connectivity index (χ2v) is 10.2. The second-order valence-electron chi connectivity index (χ2n) is 8.61. The van der Waals surface area contributed by atoms with Gasteiger partial charge in [-0.05, 0) is 74.1 Å². The molecule has 1 aliphatic carbocycles. The highest BCUT2D eigenvalue weighted by atomic mass is 35.5. The van der Waals surface area contributed by atoms with Crippen LogP contribution in [0.5, 0.6) is 5.75 Å². The average Bonchev–Trinajstić information content (AvgIpc) is 3.08. The topological polar surface area (TPSA) is 123 Å². The highest BCUT2D eigenvalue weighted by molar-refractivity contribution is 7.17. The lowest BCUT2D eigenvalue weighted by Crippen LogP contribution is -2.32. The van der Waals surface area contributed by atoms with Gasteiger partial charge in [0.1, 0.15) is 10.8 Å². The van der Waals surface area contributed by atoms with E-state index in [0.717, 1.165) is 42.5 Å². The molecular formula is C28H26ClN3O6S. The van der Waals surface area contributed by atoms with Crippen molar-refractivity contribution in [1.29, 1.82) is 0 Å². The van der Waals surface area contributed by atoms with Crippen LogP contribution in [0.15, 0.2) is 53.6 Å². The lowest BCUT2D eigenvalue weighted by atomic mass is 10.1. The van der Waals surface area contributed by atoms with E-state index >= 15 is 0 Å². The molecule has 202 valence electrons. The molecule has 0 spiro atoms. The third kappa shape index (κ3) is 7.30. The van der Waals surface area contributed by atoms with Crippen molar-refractivity contribution in [3.05, 3.63) is 80.7 Å². The van der Waals surface area contributed by atoms with Crippen molar-refractivity contribution in [3.63, 3.8) is 0 Å². The van der Waals surface area contributed by atoms with Crippen LogP contribution in [-0.4, -0.2) is 36.6 Å². The van der Waals surface area contributed by atoms with Crippen molar-refractivity contribution in [2.75, 3.05) is 11.9 Å². The Bertz CT molecular complexity index is 1430. The van der Waals surface area contributed by atoms with Crippen molar-refractivity contribution in [2.45, 2.75) is 39.0 Å². The van der Waals surface area contributed by atoms with Gasteiger partial charge in [-0.1, -0.05) is 36.2 Å². The third-order valence-corrected chi connectivity index (χ3v) is 7.29. The summed E-state index contributed by atoms with van der Waals surface area (Å²) in [4.78, 5) is 51.0. The number of carbonyl (C=O) groups is 4. The molecule has 11 heteroatoms. The number of hydrogen-bond acceptors (Lipinski definition) is 8. The quantitative estimate of drug-likeness (QED) is 0.102. The molecule has 0 atom stereocenters. The molecule has 4 rings (SSSR count). The van der Waals surface area contributed by atoms with E-state index in [-0.39, 0.29) is 12.4 Å². The number of nitrogens with one attached hydrogen (secondary N) is 2. The normalized spacial score (nSPS) is 12.8. The highest BCUT2D eigenvalue weighted by Gasteiger charge is 2.27. The molecule has 0 bridgehead atoms. The number of benzene rings is 2. The van der Waals surface area contributed by atoms with Crippen LogP contribution in [0, 0.1) is 0 Å². The molecule has 2 amide bonds. The highest BCUT2D eigenvalue weighted by Crippen LogP contribution is 2.38. The Kier molecular flexibility index (Phi) is 9.45. The molecule has 0 aliphatic heterocycles. The van der Waals surface area contributed by atoms with E-state index in [9.17, 15) is 19.2 Å². The Morgan fingerprint density at radius 1 is 1.00 bits per heavy atom. The third-order valence-electron chi connectivity index (χ3n) is 5.84. The number of thiophene rings is 1. The molecule has 1 aliphatic rings. The fourth-order valence-electron chi connectivity index (χ4n) is 4.07. The average molecular weight is 568 g/mol. The molecule has 0 fully saturated rings. The number of anilines is 1. The number of ether oxygens (including phenoxy) is 2. The standard InChI is InChI=1S/C28H26ClN3O6S/c1-2-37-28(36)23-21-12-4-3-5-13-22(21)39-26(23)31-24(33)25(34)32-30-16-17-8-6-11-20(14-17)38-27(35)18-9-7-10-19(29)15-18/h6-11,14-16H,2-5,12-13H2,1H3,(H,31,33)(H,32,34). The molecule has 0 saturated carbocycles. The molecule has 9 nitrogen and oxygen atoms in total. The summed E-state index contributed by atoms with van der Waals surface area (Å²) in [7, 11) is 0. The van der Waals surface area contributed by atoms with Gasteiger partial charge in [0.25, 0.3) is 0 Å². The number of carbonyl (C=O) groups excluding carboxylic acids is 4. The number of rotatable bonds is 7. The van der Waals surface area contributed by atoms with Gasteiger partial charge in [0.05, 0.1) is 23.9 Å². The van der Waals surface area contributed by atoms with E-state index in [1.165, 1.54) is 23.6 Å². The van der Waals surface area contributed by atoms with Crippen LogP contribution >= 0.6 is 22.9 Å². The summed E-state index contributed by atoms with van der Waals surface area (Å²) in [5, 5.41) is 7.10. The minimum atomic E-state index is -1.01. The van der Waals surface area contributed by atoms with E-state index in [4.69, 9.17) is 21.1 Å². The lowest BCUT2D eigenvalue weighted by Gasteiger charge is -2.08. The summed E-state index contributed by atoms with van der Waals surface area (Å²) >= 11 is 7.22. The predicted molar refractivity (Wildman–Crippen MR) is 149 cm³/mol. The minimum absolute atomic E-state index is 0.201. The molecular weight excluding hydrogens is 542 g/mol. The Morgan fingerprint density at radius 2 is 1.79 bits per heavy atom. The van der Waals surface area contributed by atoms with Crippen LogP contribution in [0.4, 0.5) is 5.00 Å². The van der Waals surface area contributed by atoms with Crippen molar-refractivity contribution in [2.24, 2.45) is 5.10 Å². The summed E-state index contributed by atoms with van der Waals surface area (Å²) in [6, 6.07) is 12.8. The first kappa shape index (κ1) is 28.0. The molecule has 2 N–H and O–H groups in total. The van der Waals surface area contributed by atoms with Crippen molar-refractivity contribution in [1.82, 2.24) is 5.43 Å².